The number of nitrogens with one attached hydrogen (secondary N) is 1. The summed E-state index contributed by atoms with van der Waals surface area (Å²) in [4.78, 5) is 37.4. The van der Waals surface area contributed by atoms with Crippen molar-refractivity contribution in [3.05, 3.63) is 22.4 Å². The fraction of sp³-hybridized carbons (Fsp3) is 0.533. The molecule has 1 aromatic heterocycles. The molecule has 0 aromatic carbocycles. The normalized spacial score (nSPS) is 19.5. The van der Waals surface area contributed by atoms with Crippen molar-refractivity contribution in [3.8, 4) is 0 Å². The SMILES string of the molecule is CC(=O)NC(CC(=O)N1CCCC(C(=O)O)C1)c1cccs1. The highest BCUT2D eigenvalue weighted by molar-refractivity contribution is 7.10. The third-order valence-corrected chi connectivity index (χ3v) is 4.75. The van der Waals surface area contributed by atoms with E-state index in [2.05, 4.69) is 5.32 Å². The molecule has 0 spiro atoms. The average molecular weight is 324 g/mol. The van der Waals surface area contributed by atoms with Crippen LogP contribution in [0.25, 0.3) is 0 Å². The molecule has 0 saturated carbocycles. The summed E-state index contributed by atoms with van der Waals surface area (Å²) in [5.74, 6) is -1.64. The Morgan fingerprint density at radius 3 is 2.86 bits per heavy atom. The van der Waals surface area contributed by atoms with E-state index in [0.29, 0.717) is 19.4 Å². The maximum Gasteiger partial charge on any atom is 0.308 e. The highest BCUT2D eigenvalue weighted by Crippen LogP contribution is 2.24. The number of hydrogen-bond donors (Lipinski definition) is 2. The molecule has 1 saturated heterocycles. The van der Waals surface area contributed by atoms with Gasteiger partial charge in [0.25, 0.3) is 0 Å². The smallest absolute Gasteiger partial charge is 0.308 e. The summed E-state index contributed by atoms with van der Waals surface area (Å²) in [5.41, 5.74) is 0. The molecule has 1 aromatic rings. The number of rotatable bonds is 5. The van der Waals surface area contributed by atoms with E-state index in [0.717, 1.165) is 4.88 Å². The van der Waals surface area contributed by atoms with Gasteiger partial charge in [-0.3, -0.25) is 14.4 Å². The summed E-state index contributed by atoms with van der Waals surface area (Å²) < 4.78 is 0. The van der Waals surface area contributed by atoms with Crippen LogP contribution in [0.2, 0.25) is 0 Å². The van der Waals surface area contributed by atoms with Crippen LogP contribution in [-0.2, 0) is 14.4 Å². The number of nitrogens with zero attached hydrogens (tertiary/aromatic N) is 1. The molecule has 6 nitrogen and oxygen atoms in total. The first-order valence-electron chi connectivity index (χ1n) is 7.28. The number of carboxylic acid groups (broad SMARTS) is 1. The first-order chi connectivity index (χ1) is 10.5. The number of carboxylic acids is 1. The van der Waals surface area contributed by atoms with E-state index in [1.807, 2.05) is 17.5 Å². The molecule has 2 rings (SSSR count). The monoisotopic (exact) mass is 324 g/mol. The average Bonchev–Trinajstić information content (AvgIpc) is 3.00. The van der Waals surface area contributed by atoms with Crippen molar-refractivity contribution in [3.63, 3.8) is 0 Å². The zero-order valence-electron chi connectivity index (χ0n) is 12.4. The van der Waals surface area contributed by atoms with E-state index < -0.39 is 11.9 Å². The second-order valence-corrected chi connectivity index (χ2v) is 6.47. The molecule has 0 aliphatic carbocycles. The molecule has 1 fully saturated rings. The van der Waals surface area contributed by atoms with E-state index in [1.165, 1.54) is 18.3 Å². The zero-order chi connectivity index (χ0) is 16.1. The van der Waals surface area contributed by atoms with E-state index in [9.17, 15) is 14.4 Å². The lowest BCUT2D eigenvalue weighted by Crippen LogP contribution is -2.43. The van der Waals surface area contributed by atoms with E-state index in [1.54, 1.807) is 4.90 Å². The summed E-state index contributed by atoms with van der Waals surface area (Å²) in [6.45, 7) is 2.26. The Morgan fingerprint density at radius 2 is 2.27 bits per heavy atom. The largest absolute Gasteiger partial charge is 0.481 e. The van der Waals surface area contributed by atoms with E-state index in [4.69, 9.17) is 5.11 Å². The number of carbonyl (C=O) groups excluding carboxylic acids is 2. The van der Waals surface area contributed by atoms with Gasteiger partial charge in [-0.1, -0.05) is 6.07 Å². The maximum absolute atomic E-state index is 12.4. The maximum atomic E-state index is 12.4. The van der Waals surface area contributed by atoms with Gasteiger partial charge in [0.2, 0.25) is 11.8 Å². The van der Waals surface area contributed by atoms with Gasteiger partial charge in [-0.2, -0.15) is 0 Å². The molecular formula is C15H20N2O4S. The number of hydrogen-bond acceptors (Lipinski definition) is 4. The molecule has 1 aliphatic rings. The van der Waals surface area contributed by atoms with Crippen molar-refractivity contribution in [1.29, 1.82) is 0 Å². The van der Waals surface area contributed by atoms with Gasteiger partial charge in [-0.15, -0.1) is 11.3 Å². The van der Waals surface area contributed by atoms with Gasteiger partial charge in [0, 0.05) is 24.9 Å². The predicted molar refractivity (Wildman–Crippen MR) is 82.4 cm³/mol. The van der Waals surface area contributed by atoms with Crippen molar-refractivity contribution in [2.45, 2.75) is 32.2 Å². The van der Waals surface area contributed by atoms with Crippen molar-refractivity contribution >= 4 is 29.1 Å². The quantitative estimate of drug-likeness (QED) is 0.862. The van der Waals surface area contributed by atoms with Gasteiger partial charge in [0.15, 0.2) is 0 Å². The predicted octanol–water partition coefficient (Wildman–Crippen LogP) is 1.64. The highest BCUT2D eigenvalue weighted by atomic mass is 32.1. The standard InChI is InChI=1S/C15H20N2O4S/c1-10(18)16-12(13-5-3-7-22-13)8-14(19)17-6-2-4-11(9-17)15(20)21/h3,5,7,11-12H,2,4,6,8-9H2,1H3,(H,16,18)(H,20,21). The molecule has 1 aliphatic heterocycles. The van der Waals surface area contributed by atoms with Gasteiger partial charge < -0.3 is 15.3 Å². The number of carbonyl (C=O) groups is 3. The Balaban J connectivity index is 2.01. The van der Waals surface area contributed by atoms with Crippen LogP contribution in [-0.4, -0.2) is 40.9 Å². The summed E-state index contributed by atoms with van der Waals surface area (Å²) in [6.07, 6.45) is 1.47. The minimum atomic E-state index is -0.853. The Labute approximate surface area is 133 Å². The van der Waals surface area contributed by atoms with Gasteiger partial charge in [-0.05, 0) is 24.3 Å². The van der Waals surface area contributed by atoms with Gasteiger partial charge in [0.1, 0.15) is 0 Å². The second-order valence-electron chi connectivity index (χ2n) is 5.49. The highest BCUT2D eigenvalue weighted by Gasteiger charge is 2.29. The first kappa shape index (κ1) is 16.5. The van der Waals surface area contributed by atoms with Gasteiger partial charge in [-0.25, -0.2) is 0 Å². The Bertz CT molecular complexity index is 544. The van der Waals surface area contributed by atoms with Crippen molar-refractivity contribution in [2.75, 3.05) is 13.1 Å². The van der Waals surface area contributed by atoms with Crippen LogP contribution in [0.1, 0.15) is 37.1 Å². The number of amides is 2. The van der Waals surface area contributed by atoms with E-state index in [-0.39, 0.29) is 30.8 Å². The van der Waals surface area contributed by atoms with Crippen LogP contribution < -0.4 is 5.32 Å². The first-order valence-corrected chi connectivity index (χ1v) is 8.16. The fourth-order valence-corrected chi connectivity index (χ4v) is 3.44. The fourth-order valence-electron chi connectivity index (χ4n) is 2.67. The Morgan fingerprint density at radius 1 is 1.50 bits per heavy atom. The van der Waals surface area contributed by atoms with Crippen molar-refractivity contribution in [1.82, 2.24) is 10.2 Å². The topological polar surface area (TPSA) is 86.7 Å². The van der Waals surface area contributed by atoms with Gasteiger partial charge in [0.05, 0.1) is 18.4 Å². The molecular weight excluding hydrogens is 304 g/mol. The van der Waals surface area contributed by atoms with E-state index >= 15 is 0 Å². The molecule has 2 atom stereocenters. The molecule has 2 amide bonds. The third-order valence-electron chi connectivity index (χ3n) is 3.77. The summed E-state index contributed by atoms with van der Waals surface area (Å²) in [6, 6.07) is 3.41. The van der Waals surface area contributed by atoms with Crippen LogP contribution in [0, 0.1) is 5.92 Å². The number of likely N-dealkylation sites (tertiary alicyclic amines) is 1. The minimum Gasteiger partial charge on any atom is -0.481 e. The van der Waals surface area contributed by atoms with Crippen LogP contribution in [0.15, 0.2) is 17.5 Å². The lowest BCUT2D eigenvalue weighted by molar-refractivity contribution is -0.145. The third kappa shape index (κ3) is 4.30. The molecule has 2 heterocycles. The second kappa shape index (κ2) is 7.40. The Hall–Kier alpha value is -1.89. The van der Waals surface area contributed by atoms with Crippen LogP contribution in [0.5, 0.6) is 0 Å². The van der Waals surface area contributed by atoms with Crippen LogP contribution in [0.4, 0.5) is 0 Å². The molecule has 0 radical (unpaired) electrons. The molecule has 2 unspecified atom stereocenters. The molecule has 22 heavy (non-hydrogen) atoms. The lowest BCUT2D eigenvalue weighted by Gasteiger charge is -2.31. The molecule has 7 heteroatoms. The minimum absolute atomic E-state index is 0.113. The van der Waals surface area contributed by atoms with Crippen LogP contribution in [0.3, 0.4) is 0 Å². The number of thiophene rings is 1. The number of aliphatic carboxylic acids is 1. The van der Waals surface area contributed by atoms with Gasteiger partial charge >= 0.3 is 5.97 Å². The summed E-state index contributed by atoms with van der Waals surface area (Å²) >= 11 is 1.49. The molecule has 2 N–H and O–H groups in total. The summed E-state index contributed by atoms with van der Waals surface area (Å²) in [5, 5.41) is 13.8. The Kier molecular flexibility index (Phi) is 5.54. The molecule has 0 bridgehead atoms. The van der Waals surface area contributed by atoms with Crippen molar-refractivity contribution in [2.24, 2.45) is 5.92 Å². The van der Waals surface area contributed by atoms with Crippen LogP contribution >= 0.6 is 11.3 Å². The lowest BCUT2D eigenvalue weighted by atomic mass is 9.97. The zero-order valence-corrected chi connectivity index (χ0v) is 13.3. The summed E-state index contributed by atoms with van der Waals surface area (Å²) in [7, 11) is 0. The number of piperidine rings is 1. The van der Waals surface area contributed by atoms with Crippen molar-refractivity contribution < 1.29 is 19.5 Å². The molecule has 120 valence electrons.